The van der Waals surface area contributed by atoms with Crippen LogP contribution in [0.4, 0.5) is 5.69 Å². The minimum absolute atomic E-state index is 0.613. The molecule has 3 heteroatoms. The van der Waals surface area contributed by atoms with E-state index in [1.165, 1.54) is 19.3 Å². The van der Waals surface area contributed by atoms with Gasteiger partial charge in [-0.1, -0.05) is 18.5 Å². The van der Waals surface area contributed by atoms with Crippen molar-refractivity contribution in [1.82, 2.24) is 0 Å². The van der Waals surface area contributed by atoms with Crippen LogP contribution in [0.25, 0.3) is 0 Å². The lowest BCUT2D eigenvalue weighted by molar-refractivity contribution is 0.616. The smallest absolute Gasteiger partial charge is 0.0568 e. The summed E-state index contributed by atoms with van der Waals surface area (Å²) in [6.45, 7) is 2.23. The first-order valence-electron chi connectivity index (χ1n) is 5.42. The summed E-state index contributed by atoms with van der Waals surface area (Å²) in [6.07, 6.45) is 3.92. The molecule has 0 aromatic heterocycles. The van der Waals surface area contributed by atoms with E-state index in [-0.39, 0.29) is 0 Å². The Labute approximate surface area is 104 Å². The number of benzene rings is 1. The molecule has 0 amide bonds. The van der Waals surface area contributed by atoms with Crippen LogP contribution in [0.5, 0.6) is 0 Å². The molecule has 1 atom stereocenters. The van der Waals surface area contributed by atoms with Gasteiger partial charge in [-0.2, -0.15) is 0 Å². The molecule has 82 valence electrons. The fourth-order valence-electron chi connectivity index (χ4n) is 1.85. The zero-order valence-electron chi connectivity index (χ0n) is 8.76. The van der Waals surface area contributed by atoms with E-state index in [9.17, 15) is 0 Å². The number of hydrogen-bond donors (Lipinski definition) is 1. The van der Waals surface area contributed by atoms with Crippen molar-refractivity contribution in [2.45, 2.75) is 32.2 Å². The minimum Gasteiger partial charge on any atom is -0.382 e. The van der Waals surface area contributed by atoms with Gasteiger partial charge in [0, 0.05) is 16.2 Å². The highest BCUT2D eigenvalue weighted by Crippen LogP contribution is 2.36. The maximum Gasteiger partial charge on any atom is 0.0568 e. The summed E-state index contributed by atoms with van der Waals surface area (Å²) >= 11 is 9.44. The van der Waals surface area contributed by atoms with Crippen molar-refractivity contribution >= 4 is 33.2 Å². The Morgan fingerprint density at radius 3 is 2.80 bits per heavy atom. The summed E-state index contributed by atoms with van der Waals surface area (Å²) in [6, 6.07) is 6.66. The van der Waals surface area contributed by atoms with E-state index in [1.807, 2.05) is 12.1 Å². The van der Waals surface area contributed by atoms with E-state index in [4.69, 9.17) is 11.6 Å². The second-order valence-corrected chi connectivity index (χ2v) is 5.39. The second kappa shape index (κ2) is 4.75. The SMILES string of the molecule is CCC(Nc1ccc(Br)c(Cl)c1)C1CC1. The van der Waals surface area contributed by atoms with Crippen molar-refractivity contribution in [2.75, 3.05) is 5.32 Å². The molecule has 2 rings (SSSR count). The fourth-order valence-corrected chi connectivity index (χ4v) is 2.28. The molecule has 1 aliphatic rings. The van der Waals surface area contributed by atoms with Crippen molar-refractivity contribution < 1.29 is 0 Å². The Bertz CT molecular complexity index is 349. The van der Waals surface area contributed by atoms with Crippen LogP contribution in [0.3, 0.4) is 0 Å². The number of anilines is 1. The van der Waals surface area contributed by atoms with Crippen LogP contribution in [0.2, 0.25) is 5.02 Å². The average molecular weight is 289 g/mol. The topological polar surface area (TPSA) is 12.0 Å². The van der Waals surface area contributed by atoms with Gasteiger partial charge in [-0.3, -0.25) is 0 Å². The predicted molar refractivity (Wildman–Crippen MR) is 69.6 cm³/mol. The normalized spacial score (nSPS) is 17.5. The van der Waals surface area contributed by atoms with Crippen molar-refractivity contribution in [2.24, 2.45) is 5.92 Å². The first kappa shape index (κ1) is 11.3. The van der Waals surface area contributed by atoms with Crippen molar-refractivity contribution in [3.05, 3.63) is 27.7 Å². The molecule has 1 aromatic rings. The zero-order valence-corrected chi connectivity index (χ0v) is 11.1. The van der Waals surface area contributed by atoms with E-state index >= 15 is 0 Å². The van der Waals surface area contributed by atoms with Crippen LogP contribution in [0.1, 0.15) is 26.2 Å². The molecule has 0 bridgehead atoms. The van der Waals surface area contributed by atoms with E-state index < -0.39 is 0 Å². The van der Waals surface area contributed by atoms with Crippen molar-refractivity contribution in [3.63, 3.8) is 0 Å². The largest absolute Gasteiger partial charge is 0.382 e. The van der Waals surface area contributed by atoms with Gasteiger partial charge in [-0.15, -0.1) is 0 Å². The Balaban J connectivity index is 2.05. The van der Waals surface area contributed by atoms with Crippen LogP contribution in [-0.2, 0) is 0 Å². The summed E-state index contributed by atoms with van der Waals surface area (Å²) in [5.41, 5.74) is 1.13. The van der Waals surface area contributed by atoms with Gasteiger partial charge in [0.05, 0.1) is 5.02 Å². The molecular weight excluding hydrogens is 273 g/mol. The van der Waals surface area contributed by atoms with Crippen LogP contribution < -0.4 is 5.32 Å². The molecule has 0 heterocycles. The molecular formula is C12H15BrClN. The molecule has 1 fully saturated rings. The maximum atomic E-state index is 6.05. The third-order valence-corrected chi connectivity index (χ3v) is 4.14. The lowest BCUT2D eigenvalue weighted by atomic mass is 10.1. The van der Waals surface area contributed by atoms with Crippen LogP contribution in [0.15, 0.2) is 22.7 Å². The Kier molecular flexibility index (Phi) is 3.57. The molecule has 0 radical (unpaired) electrons. The van der Waals surface area contributed by atoms with E-state index in [2.05, 4.69) is 34.2 Å². The standard InChI is InChI=1S/C12H15BrClN/c1-2-12(8-3-4-8)15-9-5-6-10(13)11(14)7-9/h5-8,12,15H,2-4H2,1H3. The third-order valence-electron chi connectivity index (χ3n) is 2.90. The lowest BCUT2D eigenvalue weighted by Gasteiger charge is -2.17. The molecule has 1 unspecified atom stereocenters. The van der Waals surface area contributed by atoms with Crippen LogP contribution in [0, 0.1) is 5.92 Å². The monoisotopic (exact) mass is 287 g/mol. The first-order chi connectivity index (χ1) is 7.20. The van der Waals surface area contributed by atoms with Gasteiger partial charge in [0.1, 0.15) is 0 Å². The quantitative estimate of drug-likeness (QED) is 0.846. The molecule has 1 nitrogen and oxygen atoms in total. The molecule has 1 aromatic carbocycles. The first-order valence-corrected chi connectivity index (χ1v) is 6.59. The number of rotatable bonds is 4. The highest BCUT2D eigenvalue weighted by atomic mass is 79.9. The Morgan fingerprint density at radius 2 is 2.27 bits per heavy atom. The lowest BCUT2D eigenvalue weighted by Crippen LogP contribution is -2.20. The second-order valence-electron chi connectivity index (χ2n) is 4.13. The summed E-state index contributed by atoms with van der Waals surface area (Å²) in [5, 5.41) is 4.32. The van der Waals surface area contributed by atoms with Crippen LogP contribution in [-0.4, -0.2) is 6.04 Å². The summed E-state index contributed by atoms with van der Waals surface area (Å²) in [5.74, 6) is 0.873. The third kappa shape index (κ3) is 2.88. The highest BCUT2D eigenvalue weighted by Gasteiger charge is 2.29. The number of hydrogen-bond acceptors (Lipinski definition) is 1. The summed E-state index contributed by atoms with van der Waals surface area (Å²) in [4.78, 5) is 0. The molecule has 1 saturated carbocycles. The molecule has 15 heavy (non-hydrogen) atoms. The predicted octanol–water partition coefficient (Wildman–Crippen LogP) is 4.70. The fraction of sp³-hybridized carbons (Fsp3) is 0.500. The Hall–Kier alpha value is -0.210. The molecule has 0 aliphatic heterocycles. The molecule has 0 saturated heterocycles. The maximum absolute atomic E-state index is 6.05. The van der Waals surface area contributed by atoms with E-state index in [1.54, 1.807) is 0 Å². The van der Waals surface area contributed by atoms with Gasteiger partial charge in [-0.05, 0) is 59.3 Å². The number of halogens is 2. The van der Waals surface area contributed by atoms with Gasteiger partial charge in [0.2, 0.25) is 0 Å². The van der Waals surface area contributed by atoms with E-state index in [0.717, 1.165) is 21.1 Å². The van der Waals surface area contributed by atoms with Crippen molar-refractivity contribution in [3.8, 4) is 0 Å². The zero-order chi connectivity index (χ0) is 10.8. The van der Waals surface area contributed by atoms with Gasteiger partial charge in [0.15, 0.2) is 0 Å². The molecule has 1 aliphatic carbocycles. The highest BCUT2D eigenvalue weighted by molar-refractivity contribution is 9.10. The van der Waals surface area contributed by atoms with Gasteiger partial charge in [0.25, 0.3) is 0 Å². The van der Waals surface area contributed by atoms with Crippen LogP contribution >= 0.6 is 27.5 Å². The van der Waals surface area contributed by atoms with Gasteiger partial charge < -0.3 is 5.32 Å². The average Bonchev–Trinajstić information content (AvgIpc) is 3.03. The van der Waals surface area contributed by atoms with E-state index in [0.29, 0.717) is 6.04 Å². The van der Waals surface area contributed by atoms with Gasteiger partial charge in [-0.25, -0.2) is 0 Å². The summed E-state index contributed by atoms with van der Waals surface area (Å²) in [7, 11) is 0. The van der Waals surface area contributed by atoms with Crippen molar-refractivity contribution in [1.29, 1.82) is 0 Å². The summed E-state index contributed by atoms with van der Waals surface area (Å²) < 4.78 is 0.953. The number of nitrogens with one attached hydrogen (secondary N) is 1. The van der Waals surface area contributed by atoms with Gasteiger partial charge >= 0.3 is 0 Å². The molecule has 0 spiro atoms. The molecule has 1 N–H and O–H groups in total. The minimum atomic E-state index is 0.613. The Morgan fingerprint density at radius 1 is 1.53 bits per heavy atom.